The lowest BCUT2D eigenvalue weighted by molar-refractivity contribution is -0.118. The standard InChI is InChI=1S/C18H17FN2O3/c1-11(12-3-6-14(19)7-4-12)21(2)18(23)13-5-8-16-15(9-13)20-17(22)10-24-16/h3-9,11H,10H2,1-2H3,(H,20,22)/t11-/m1/s1. The molecule has 124 valence electrons. The van der Waals surface area contributed by atoms with Crippen molar-refractivity contribution < 1.29 is 18.7 Å². The van der Waals surface area contributed by atoms with Crippen LogP contribution in [0.1, 0.15) is 28.9 Å². The van der Waals surface area contributed by atoms with E-state index in [1.54, 1.807) is 42.3 Å². The summed E-state index contributed by atoms with van der Waals surface area (Å²) in [5.74, 6) is -0.222. The third-order valence-electron chi connectivity index (χ3n) is 4.11. The van der Waals surface area contributed by atoms with Gasteiger partial charge in [-0.15, -0.1) is 0 Å². The predicted octanol–water partition coefficient (Wildman–Crippen LogP) is 2.99. The van der Waals surface area contributed by atoms with E-state index in [4.69, 9.17) is 4.74 Å². The van der Waals surface area contributed by atoms with Gasteiger partial charge in [0.15, 0.2) is 6.61 Å². The van der Waals surface area contributed by atoms with E-state index in [1.807, 2.05) is 6.92 Å². The van der Waals surface area contributed by atoms with Gasteiger partial charge in [0.25, 0.3) is 11.8 Å². The Hall–Kier alpha value is -2.89. The number of hydrogen-bond acceptors (Lipinski definition) is 3. The Morgan fingerprint density at radius 2 is 1.96 bits per heavy atom. The summed E-state index contributed by atoms with van der Waals surface area (Å²) in [6.45, 7) is 1.84. The molecule has 0 spiro atoms. The zero-order valence-corrected chi connectivity index (χ0v) is 13.4. The van der Waals surface area contributed by atoms with Gasteiger partial charge in [0, 0.05) is 12.6 Å². The second-order valence-electron chi connectivity index (χ2n) is 5.69. The fourth-order valence-electron chi connectivity index (χ4n) is 2.56. The van der Waals surface area contributed by atoms with Crippen LogP contribution in [0.4, 0.5) is 10.1 Å². The minimum Gasteiger partial charge on any atom is -0.482 e. The summed E-state index contributed by atoms with van der Waals surface area (Å²) in [5.41, 5.74) is 1.76. The van der Waals surface area contributed by atoms with Crippen LogP contribution in [0.3, 0.4) is 0 Å². The third kappa shape index (κ3) is 3.08. The van der Waals surface area contributed by atoms with Crippen molar-refractivity contribution in [2.45, 2.75) is 13.0 Å². The number of hydrogen-bond donors (Lipinski definition) is 1. The van der Waals surface area contributed by atoms with Crippen LogP contribution in [0.15, 0.2) is 42.5 Å². The molecule has 1 N–H and O–H groups in total. The Kier molecular flexibility index (Phi) is 4.20. The molecule has 6 heteroatoms. The van der Waals surface area contributed by atoms with E-state index in [0.717, 1.165) is 5.56 Å². The number of carbonyl (C=O) groups is 2. The van der Waals surface area contributed by atoms with Crippen LogP contribution in [-0.2, 0) is 4.79 Å². The first-order valence-corrected chi connectivity index (χ1v) is 7.55. The van der Waals surface area contributed by atoms with Gasteiger partial charge in [-0.1, -0.05) is 12.1 Å². The van der Waals surface area contributed by atoms with Crippen LogP contribution in [0, 0.1) is 5.82 Å². The van der Waals surface area contributed by atoms with Crippen LogP contribution >= 0.6 is 0 Å². The first-order chi connectivity index (χ1) is 11.5. The van der Waals surface area contributed by atoms with Gasteiger partial charge in [-0.25, -0.2) is 4.39 Å². The number of rotatable bonds is 3. The van der Waals surface area contributed by atoms with Crippen molar-refractivity contribution in [3.05, 3.63) is 59.4 Å². The van der Waals surface area contributed by atoms with Crippen LogP contribution in [0.2, 0.25) is 0 Å². The monoisotopic (exact) mass is 328 g/mol. The fourth-order valence-corrected chi connectivity index (χ4v) is 2.56. The van der Waals surface area contributed by atoms with Crippen LogP contribution in [0.5, 0.6) is 5.75 Å². The molecule has 0 fully saturated rings. The van der Waals surface area contributed by atoms with Gasteiger partial charge in [-0.2, -0.15) is 0 Å². The average Bonchev–Trinajstić information content (AvgIpc) is 2.59. The second kappa shape index (κ2) is 6.31. The molecular formula is C18H17FN2O3. The highest BCUT2D eigenvalue weighted by molar-refractivity contribution is 5.99. The fraction of sp³-hybridized carbons (Fsp3) is 0.222. The Labute approximate surface area is 139 Å². The van der Waals surface area contributed by atoms with Gasteiger partial charge in [0.05, 0.1) is 11.7 Å². The van der Waals surface area contributed by atoms with Crippen molar-refractivity contribution in [2.75, 3.05) is 19.0 Å². The first-order valence-electron chi connectivity index (χ1n) is 7.55. The molecule has 5 nitrogen and oxygen atoms in total. The van der Waals surface area contributed by atoms with Gasteiger partial charge in [-0.3, -0.25) is 9.59 Å². The van der Waals surface area contributed by atoms with E-state index in [9.17, 15) is 14.0 Å². The van der Waals surface area contributed by atoms with Gasteiger partial charge in [0.1, 0.15) is 11.6 Å². The van der Waals surface area contributed by atoms with E-state index >= 15 is 0 Å². The molecule has 3 rings (SSSR count). The molecule has 1 atom stereocenters. The molecule has 0 bridgehead atoms. The molecular weight excluding hydrogens is 311 g/mol. The molecule has 0 radical (unpaired) electrons. The first kappa shape index (κ1) is 16.0. The maximum Gasteiger partial charge on any atom is 0.262 e. The highest BCUT2D eigenvalue weighted by Crippen LogP contribution is 2.30. The van der Waals surface area contributed by atoms with Gasteiger partial charge < -0.3 is 15.0 Å². The van der Waals surface area contributed by atoms with Crippen molar-refractivity contribution in [1.82, 2.24) is 4.90 Å². The topological polar surface area (TPSA) is 58.6 Å². The maximum absolute atomic E-state index is 13.0. The molecule has 0 saturated carbocycles. The minimum atomic E-state index is -0.314. The predicted molar refractivity (Wildman–Crippen MR) is 87.5 cm³/mol. The second-order valence-corrected chi connectivity index (χ2v) is 5.69. The number of carbonyl (C=O) groups excluding carboxylic acids is 2. The van der Waals surface area contributed by atoms with E-state index in [0.29, 0.717) is 17.0 Å². The smallest absolute Gasteiger partial charge is 0.262 e. The van der Waals surface area contributed by atoms with Crippen molar-refractivity contribution in [3.63, 3.8) is 0 Å². The number of benzene rings is 2. The van der Waals surface area contributed by atoms with E-state index in [2.05, 4.69) is 5.32 Å². The molecule has 1 aliphatic heterocycles. The van der Waals surface area contributed by atoms with Crippen LogP contribution < -0.4 is 10.1 Å². The summed E-state index contributed by atoms with van der Waals surface area (Å²) < 4.78 is 18.3. The molecule has 0 aliphatic carbocycles. The normalized spacial score (nSPS) is 14.2. The Morgan fingerprint density at radius 3 is 2.67 bits per heavy atom. The van der Waals surface area contributed by atoms with E-state index in [-0.39, 0.29) is 30.3 Å². The lowest BCUT2D eigenvalue weighted by Crippen LogP contribution is -2.30. The Balaban J connectivity index is 1.81. The summed E-state index contributed by atoms with van der Waals surface area (Å²) in [7, 11) is 1.69. The number of ether oxygens (including phenoxy) is 1. The number of amides is 2. The molecule has 2 amide bonds. The minimum absolute atomic E-state index is 0.0260. The van der Waals surface area contributed by atoms with Crippen molar-refractivity contribution >= 4 is 17.5 Å². The summed E-state index contributed by atoms with van der Waals surface area (Å²) in [5, 5.41) is 2.68. The van der Waals surface area contributed by atoms with Crippen molar-refractivity contribution in [2.24, 2.45) is 0 Å². The van der Waals surface area contributed by atoms with Gasteiger partial charge >= 0.3 is 0 Å². The van der Waals surface area contributed by atoms with Crippen molar-refractivity contribution in [3.8, 4) is 5.75 Å². The summed E-state index contributed by atoms with van der Waals surface area (Å²) in [4.78, 5) is 25.7. The molecule has 1 heterocycles. The quantitative estimate of drug-likeness (QED) is 0.942. The summed E-state index contributed by atoms with van der Waals surface area (Å²) >= 11 is 0. The zero-order valence-electron chi connectivity index (χ0n) is 13.4. The van der Waals surface area contributed by atoms with E-state index < -0.39 is 0 Å². The van der Waals surface area contributed by atoms with Gasteiger partial charge in [0.2, 0.25) is 0 Å². The highest BCUT2D eigenvalue weighted by atomic mass is 19.1. The molecule has 0 saturated heterocycles. The van der Waals surface area contributed by atoms with E-state index in [1.165, 1.54) is 12.1 Å². The lowest BCUT2D eigenvalue weighted by atomic mass is 10.1. The summed E-state index contributed by atoms with van der Waals surface area (Å²) in [6, 6.07) is 10.8. The average molecular weight is 328 g/mol. The number of halogens is 1. The van der Waals surface area contributed by atoms with Gasteiger partial charge in [-0.05, 0) is 42.8 Å². The largest absolute Gasteiger partial charge is 0.482 e. The molecule has 0 aromatic heterocycles. The molecule has 1 aliphatic rings. The number of nitrogens with one attached hydrogen (secondary N) is 1. The Bertz CT molecular complexity index is 789. The van der Waals surface area contributed by atoms with Crippen LogP contribution in [-0.4, -0.2) is 30.4 Å². The highest BCUT2D eigenvalue weighted by Gasteiger charge is 2.22. The molecule has 2 aromatic carbocycles. The number of nitrogens with zero attached hydrogens (tertiary/aromatic N) is 1. The molecule has 24 heavy (non-hydrogen) atoms. The summed E-state index contributed by atoms with van der Waals surface area (Å²) in [6.07, 6.45) is 0. The molecule has 0 unspecified atom stereocenters. The zero-order chi connectivity index (χ0) is 17.3. The van der Waals surface area contributed by atoms with Crippen molar-refractivity contribution in [1.29, 1.82) is 0 Å². The van der Waals surface area contributed by atoms with Crippen LogP contribution in [0.25, 0.3) is 0 Å². The lowest BCUT2D eigenvalue weighted by Gasteiger charge is -2.26. The maximum atomic E-state index is 13.0. The number of anilines is 1. The Morgan fingerprint density at radius 1 is 1.25 bits per heavy atom. The third-order valence-corrected chi connectivity index (χ3v) is 4.11. The number of fused-ring (bicyclic) bond motifs is 1. The SMILES string of the molecule is C[C@H](c1ccc(F)cc1)N(C)C(=O)c1ccc2c(c1)NC(=O)CO2. The molecule has 2 aromatic rings.